The number of fused-ring (bicyclic) bond motifs is 5. The average Bonchev–Trinajstić information content (AvgIpc) is 3.27. The highest BCUT2D eigenvalue weighted by atomic mass is 127. The van der Waals surface area contributed by atoms with Gasteiger partial charge in [-0.15, -0.1) is 24.0 Å². The Morgan fingerprint density at radius 2 is 1.88 bits per heavy atom. The number of nitrogens with one attached hydrogen (secondary N) is 1. The van der Waals surface area contributed by atoms with Gasteiger partial charge in [0.2, 0.25) is 0 Å². The van der Waals surface area contributed by atoms with Crippen LogP contribution in [-0.2, 0) is 4.74 Å². The average molecular weight is 463 g/mol. The maximum absolute atomic E-state index is 10.4. The zero-order valence-corrected chi connectivity index (χ0v) is 17.9. The lowest BCUT2D eigenvalue weighted by molar-refractivity contribution is 0.00702. The first kappa shape index (κ1) is 19.7. The van der Waals surface area contributed by atoms with Crippen LogP contribution in [0.3, 0.4) is 0 Å². The molecule has 25 heavy (non-hydrogen) atoms. The zero-order chi connectivity index (χ0) is 16.7. The highest BCUT2D eigenvalue weighted by Crippen LogP contribution is 2.47. The topological polar surface area (TPSA) is 57.1 Å². The van der Waals surface area contributed by atoms with Crippen molar-refractivity contribution in [1.29, 1.82) is 0 Å². The van der Waals surface area contributed by atoms with Gasteiger partial charge in [-0.25, -0.2) is 0 Å². The molecule has 3 saturated heterocycles. The van der Waals surface area contributed by atoms with Crippen molar-refractivity contribution in [1.82, 2.24) is 10.2 Å². The van der Waals surface area contributed by atoms with Gasteiger partial charge in [-0.2, -0.15) is 0 Å². The SMILES string of the molecule is CCNC(=NCC1(C)CCCCC1O)N1CC2C3CCC(O3)C2C1.I. The number of aliphatic imine (C=N–C) groups is 1. The molecule has 1 saturated carbocycles. The molecule has 1 aliphatic carbocycles. The summed E-state index contributed by atoms with van der Waals surface area (Å²) in [7, 11) is 0. The van der Waals surface area contributed by atoms with E-state index in [1.165, 1.54) is 19.3 Å². The molecule has 2 N–H and O–H groups in total. The molecule has 0 aromatic carbocycles. The second-order valence-corrected chi connectivity index (χ2v) is 8.61. The summed E-state index contributed by atoms with van der Waals surface area (Å²) in [4.78, 5) is 7.42. The quantitative estimate of drug-likeness (QED) is 0.384. The minimum atomic E-state index is -0.208. The van der Waals surface area contributed by atoms with Crippen molar-refractivity contribution in [3.05, 3.63) is 0 Å². The second kappa shape index (κ2) is 7.89. The van der Waals surface area contributed by atoms with Crippen LogP contribution in [0.4, 0.5) is 0 Å². The Kier molecular flexibility index (Phi) is 6.21. The predicted molar refractivity (Wildman–Crippen MR) is 110 cm³/mol. The maximum atomic E-state index is 10.4. The Bertz CT molecular complexity index is 485. The van der Waals surface area contributed by atoms with E-state index in [1.807, 2.05) is 0 Å². The molecular weight excluding hydrogens is 429 g/mol. The molecule has 0 aromatic heterocycles. The monoisotopic (exact) mass is 463 g/mol. The molecule has 0 aromatic rings. The van der Waals surface area contributed by atoms with Gasteiger partial charge in [0, 0.05) is 36.9 Å². The summed E-state index contributed by atoms with van der Waals surface area (Å²) in [6, 6.07) is 0. The highest BCUT2D eigenvalue weighted by Gasteiger charge is 2.53. The van der Waals surface area contributed by atoms with Gasteiger partial charge in [0.05, 0.1) is 24.9 Å². The van der Waals surface area contributed by atoms with E-state index in [4.69, 9.17) is 9.73 Å². The van der Waals surface area contributed by atoms with Crippen LogP contribution in [0.5, 0.6) is 0 Å². The molecule has 2 bridgehead atoms. The van der Waals surface area contributed by atoms with Crippen molar-refractivity contribution < 1.29 is 9.84 Å². The van der Waals surface area contributed by atoms with Crippen molar-refractivity contribution in [2.24, 2.45) is 22.2 Å². The van der Waals surface area contributed by atoms with Gasteiger partial charge in [0.15, 0.2) is 5.96 Å². The highest BCUT2D eigenvalue weighted by molar-refractivity contribution is 14.0. The Hall–Kier alpha value is -0.0800. The van der Waals surface area contributed by atoms with Gasteiger partial charge in [-0.05, 0) is 32.6 Å². The van der Waals surface area contributed by atoms with E-state index in [0.717, 1.165) is 51.4 Å². The number of hydrogen-bond donors (Lipinski definition) is 2. The second-order valence-electron chi connectivity index (χ2n) is 8.61. The van der Waals surface area contributed by atoms with Crippen LogP contribution in [0.15, 0.2) is 4.99 Å². The first-order chi connectivity index (χ1) is 11.6. The van der Waals surface area contributed by atoms with E-state index in [1.54, 1.807) is 0 Å². The molecule has 6 heteroatoms. The third-order valence-electron chi connectivity index (χ3n) is 6.96. The maximum Gasteiger partial charge on any atom is 0.193 e. The first-order valence-electron chi connectivity index (χ1n) is 9.97. The lowest BCUT2D eigenvalue weighted by Gasteiger charge is -2.37. The molecule has 6 atom stereocenters. The minimum Gasteiger partial charge on any atom is -0.392 e. The van der Waals surface area contributed by atoms with E-state index >= 15 is 0 Å². The number of ether oxygens (including phenoxy) is 1. The van der Waals surface area contributed by atoms with E-state index in [2.05, 4.69) is 24.1 Å². The lowest BCUT2D eigenvalue weighted by Crippen LogP contribution is -2.43. The van der Waals surface area contributed by atoms with Crippen molar-refractivity contribution in [3.63, 3.8) is 0 Å². The summed E-state index contributed by atoms with van der Waals surface area (Å²) in [6.07, 6.45) is 7.65. The molecule has 3 aliphatic heterocycles. The fourth-order valence-electron chi connectivity index (χ4n) is 5.38. The summed E-state index contributed by atoms with van der Waals surface area (Å²) in [5.74, 6) is 2.44. The van der Waals surface area contributed by atoms with Gasteiger partial charge < -0.3 is 20.1 Å². The molecular formula is C19H34IN3O2. The van der Waals surface area contributed by atoms with E-state index < -0.39 is 0 Å². The van der Waals surface area contributed by atoms with Crippen LogP contribution >= 0.6 is 24.0 Å². The third kappa shape index (κ3) is 3.68. The first-order valence-corrected chi connectivity index (χ1v) is 9.97. The molecule has 0 amide bonds. The fourth-order valence-corrected chi connectivity index (χ4v) is 5.38. The Morgan fingerprint density at radius 3 is 2.48 bits per heavy atom. The predicted octanol–water partition coefficient (Wildman–Crippen LogP) is 2.62. The minimum absolute atomic E-state index is 0. The lowest BCUT2D eigenvalue weighted by atomic mass is 9.73. The summed E-state index contributed by atoms with van der Waals surface area (Å²) < 4.78 is 6.09. The number of likely N-dealkylation sites (tertiary alicyclic amines) is 1. The molecule has 144 valence electrons. The van der Waals surface area contributed by atoms with Crippen LogP contribution in [0.2, 0.25) is 0 Å². The van der Waals surface area contributed by atoms with E-state index in [0.29, 0.717) is 24.0 Å². The summed E-state index contributed by atoms with van der Waals surface area (Å²) in [6.45, 7) is 8.12. The molecule has 4 aliphatic rings. The number of aliphatic hydroxyl groups excluding tert-OH is 1. The molecule has 4 fully saturated rings. The van der Waals surface area contributed by atoms with Crippen molar-refractivity contribution in [2.45, 2.75) is 70.7 Å². The fraction of sp³-hybridized carbons (Fsp3) is 0.947. The van der Waals surface area contributed by atoms with Crippen molar-refractivity contribution in [3.8, 4) is 0 Å². The summed E-state index contributed by atoms with van der Waals surface area (Å²) in [5.41, 5.74) is -0.0589. The van der Waals surface area contributed by atoms with E-state index in [-0.39, 0.29) is 35.5 Å². The van der Waals surface area contributed by atoms with Crippen LogP contribution in [0, 0.1) is 17.3 Å². The molecule has 6 unspecified atom stereocenters. The Morgan fingerprint density at radius 1 is 1.20 bits per heavy atom. The number of aliphatic hydroxyl groups is 1. The number of nitrogens with zero attached hydrogens (tertiary/aromatic N) is 2. The largest absolute Gasteiger partial charge is 0.392 e. The molecule has 5 nitrogen and oxygen atoms in total. The van der Waals surface area contributed by atoms with Crippen LogP contribution in [-0.4, -0.2) is 60.5 Å². The van der Waals surface area contributed by atoms with Gasteiger partial charge in [0.25, 0.3) is 0 Å². The smallest absolute Gasteiger partial charge is 0.193 e. The summed E-state index contributed by atoms with van der Waals surface area (Å²) in [5, 5.41) is 13.9. The normalized spacial score (nSPS) is 43.1. The molecule has 0 radical (unpaired) electrons. The number of guanidine groups is 1. The van der Waals surface area contributed by atoms with Gasteiger partial charge in [-0.1, -0.05) is 19.8 Å². The van der Waals surface area contributed by atoms with Crippen LogP contribution < -0.4 is 5.32 Å². The zero-order valence-electron chi connectivity index (χ0n) is 15.6. The third-order valence-corrected chi connectivity index (χ3v) is 6.96. The van der Waals surface area contributed by atoms with Gasteiger partial charge in [0.1, 0.15) is 0 Å². The molecule has 3 heterocycles. The number of hydrogen-bond acceptors (Lipinski definition) is 3. The summed E-state index contributed by atoms with van der Waals surface area (Å²) >= 11 is 0. The standard InChI is InChI=1S/C19H33N3O2.HI/c1-3-20-18(21-12-19(2)9-5-4-6-17(19)23)22-10-13-14(11-22)16-8-7-15(13)24-16;/h13-17,23H,3-12H2,1-2H3,(H,20,21);1H. The van der Waals surface area contributed by atoms with Crippen LogP contribution in [0.1, 0.15) is 52.4 Å². The van der Waals surface area contributed by atoms with E-state index in [9.17, 15) is 5.11 Å². The van der Waals surface area contributed by atoms with Gasteiger partial charge >= 0.3 is 0 Å². The Balaban J connectivity index is 0.00000182. The molecule has 0 spiro atoms. The van der Waals surface area contributed by atoms with Crippen molar-refractivity contribution in [2.75, 3.05) is 26.2 Å². The number of halogens is 1. The van der Waals surface area contributed by atoms with Gasteiger partial charge in [-0.3, -0.25) is 4.99 Å². The molecule has 4 rings (SSSR count). The number of rotatable bonds is 3. The van der Waals surface area contributed by atoms with Crippen LogP contribution in [0.25, 0.3) is 0 Å². The Labute approximate surface area is 169 Å². The van der Waals surface area contributed by atoms with Crippen molar-refractivity contribution >= 4 is 29.9 Å².